The summed E-state index contributed by atoms with van der Waals surface area (Å²) in [6.07, 6.45) is 24.0. The second-order valence-electron chi connectivity index (χ2n) is 8.40. The standard InChI is InChI=1S/C23H41NO2/c1-3-5-7-9-11-13-15-23(16-14-12-10-8-6-4-2)17-21-18-24-19-22(21)26-25-20-23/h18-19,24H,3-17,20H2,1-2H3. The minimum Gasteiger partial charge on any atom is -0.364 e. The van der Waals surface area contributed by atoms with Crippen molar-refractivity contribution in [3.8, 4) is 5.75 Å². The fourth-order valence-electron chi connectivity index (χ4n) is 4.28. The Hall–Kier alpha value is -0.960. The number of fused-ring (bicyclic) bond motifs is 1. The lowest BCUT2D eigenvalue weighted by molar-refractivity contribution is -0.225. The highest BCUT2D eigenvalue weighted by Gasteiger charge is 2.34. The van der Waals surface area contributed by atoms with Gasteiger partial charge in [0.25, 0.3) is 0 Å². The van der Waals surface area contributed by atoms with Crippen molar-refractivity contribution in [1.29, 1.82) is 0 Å². The zero-order valence-electron chi connectivity index (χ0n) is 17.3. The molecule has 0 aromatic carbocycles. The fraction of sp³-hybridized carbons (Fsp3) is 0.826. The molecule has 0 fully saturated rings. The van der Waals surface area contributed by atoms with Gasteiger partial charge < -0.3 is 9.87 Å². The molecule has 2 heterocycles. The maximum absolute atomic E-state index is 5.67. The third-order valence-corrected chi connectivity index (χ3v) is 5.99. The van der Waals surface area contributed by atoms with Crippen molar-refractivity contribution < 1.29 is 9.78 Å². The largest absolute Gasteiger partial charge is 0.364 e. The highest BCUT2D eigenvalue weighted by Crippen LogP contribution is 2.40. The number of H-pyrrole nitrogens is 1. The van der Waals surface area contributed by atoms with Crippen LogP contribution in [0.5, 0.6) is 5.75 Å². The predicted molar refractivity (Wildman–Crippen MR) is 109 cm³/mol. The van der Waals surface area contributed by atoms with Gasteiger partial charge in [0.15, 0.2) is 5.75 Å². The number of hydrogen-bond donors (Lipinski definition) is 1. The first-order valence-corrected chi connectivity index (χ1v) is 11.2. The third kappa shape index (κ3) is 7.34. The van der Waals surface area contributed by atoms with Crippen LogP contribution in [0.15, 0.2) is 12.4 Å². The van der Waals surface area contributed by atoms with Crippen LogP contribution in [-0.2, 0) is 11.3 Å². The highest BCUT2D eigenvalue weighted by atomic mass is 17.2. The first kappa shape index (κ1) is 21.3. The van der Waals surface area contributed by atoms with Crippen LogP contribution in [0.3, 0.4) is 0 Å². The Bertz CT molecular complexity index is 453. The van der Waals surface area contributed by atoms with Gasteiger partial charge in [-0.1, -0.05) is 90.9 Å². The minimum absolute atomic E-state index is 0.253. The lowest BCUT2D eigenvalue weighted by atomic mass is 9.74. The lowest BCUT2D eigenvalue weighted by Crippen LogP contribution is -2.29. The summed E-state index contributed by atoms with van der Waals surface area (Å²) in [5, 5.41) is 0. The molecule has 3 heteroatoms. The van der Waals surface area contributed by atoms with Crippen LogP contribution < -0.4 is 4.89 Å². The molecule has 1 N–H and O–H groups in total. The van der Waals surface area contributed by atoms with Gasteiger partial charge in [-0.3, -0.25) is 0 Å². The molecule has 0 saturated heterocycles. The van der Waals surface area contributed by atoms with E-state index in [1.807, 2.05) is 6.20 Å². The Labute approximate surface area is 161 Å². The first-order valence-electron chi connectivity index (χ1n) is 11.2. The number of unbranched alkanes of at least 4 members (excludes halogenated alkanes) is 10. The molecule has 3 nitrogen and oxygen atoms in total. The van der Waals surface area contributed by atoms with Crippen molar-refractivity contribution in [3.05, 3.63) is 18.0 Å². The van der Waals surface area contributed by atoms with Crippen LogP contribution in [-0.4, -0.2) is 11.6 Å². The number of aromatic nitrogens is 1. The molecule has 1 aromatic rings. The zero-order chi connectivity index (χ0) is 18.5. The summed E-state index contributed by atoms with van der Waals surface area (Å²) < 4.78 is 0. The van der Waals surface area contributed by atoms with Gasteiger partial charge in [-0.25, -0.2) is 0 Å². The molecular formula is C23H41NO2. The van der Waals surface area contributed by atoms with Gasteiger partial charge >= 0.3 is 0 Å². The minimum atomic E-state index is 0.253. The van der Waals surface area contributed by atoms with Crippen LogP contribution in [0.4, 0.5) is 0 Å². The predicted octanol–water partition coefficient (Wildman–Crippen LogP) is 7.37. The van der Waals surface area contributed by atoms with E-state index in [4.69, 9.17) is 9.78 Å². The molecule has 0 saturated carbocycles. The molecular weight excluding hydrogens is 322 g/mol. The number of hydrogen-bond acceptors (Lipinski definition) is 2. The topological polar surface area (TPSA) is 34.2 Å². The van der Waals surface area contributed by atoms with Crippen LogP contribution in [0, 0.1) is 5.41 Å². The Balaban J connectivity index is 1.84. The van der Waals surface area contributed by atoms with Gasteiger partial charge in [0.2, 0.25) is 0 Å². The zero-order valence-corrected chi connectivity index (χ0v) is 17.3. The van der Waals surface area contributed by atoms with Crippen molar-refractivity contribution in [3.63, 3.8) is 0 Å². The molecule has 0 radical (unpaired) electrons. The third-order valence-electron chi connectivity index (χ3n) is 5.99. The van der Waals surface area contributed by atoms with Gasteiger partial charge in [0.05, 0.1) is 6.61 Å². The molecule has 1 aliphatic rings. The second kappa shape index (κ2) is 12.4. The van der Waals surface area contributed by atoms with Gasteiger partial charge in [-0.05, 0) is 19.3 Å². The van der Waals surface area contributed by atoms with Crippen LogP contribution in [0.1, 0.15) is 109 Å². The Morgan fingerprint density at radius 2 is 1.38 bits per heavy atom. The summed E-state index contributed by atoms with van der Waals surface area (Å²) in [6.45, 7) is 5.31. The SMILES string of the molecule is CCCCCCCCC1(CCCCCCCC)COOc2c[nH]cc2C1. The molecule has 2 rings (SSSR count). The molecule has 0 spiro atoms. The molecule has 26 heavy (non-hydrogen) atoms. The number of rotatable bonds is 14. The molecule has 150 valence electrons. The fourth-order valence-corrected chi connectivity index (χ4v) is 4.28. The Kier molecular flexibility index (Phi) is 10.2. The van der Waals surface area contributed by atoms with E-state index in [1.165, 1.54) is 95.5 Å². The molecule has 0 amide bonds. The van der Waals surface area contributed by atoms with Crippen molar-refractivity contribution in [2.75, 3.05) is 6.61 Å². The molecule has 0 aliphatic carbocycles. The summed E-state index contributed by atoms with van der Waals surface area (Å²) in [7, 11) is 0. The van der Waals surface area contributed by atoms with Crippen LogP contribution in [0.25, 0.3) is 0 Å². The quantitative estimate of drug-likeness (QED) is 0.276. The van der Waals surface area contributed by atoms with Crippen molar-refractivity contribution in [1.82, 2.24) is 4.98 Å². The summed E-state index contributed by atoms with van der Waals surface area (Å²) >= 11 is 0. The summed E-state index contributed by atoms with van der Waals surface area (Å²) in [5.41, 5.74) is 1.54. The molecule has 0 atom stereocenters. The summed E-state index contributed by atoms with van der Waals surface area (Å²) in [6, 6.07) is 0. The molecule has 1 aliphatic heterocycles. The molecule has 1 aromatic heterocycles. The summed E-state index contributed by atoms with van der Waals surface area (Å²) in [4.78, 5) is 14.4. The average molecular weight is 364 g/mol. The van der Waals surface area contributed by atoms with E-state index in [-0.39, 0.29) is 5.41 Å². The van der Waals surface area contributed by atoms with Crippen molar-refractivity contribution >= 4 is 0 Å². The first-order chi connectivity index (χ1) is 12.8. The molecule has 0 unspecified atom stereocenters. The van der Waals surface area contributed by atoms with E-state index >= 15 is 0 Å². The average Bonchev–Trinajstić information content (AvgIpc) is 3.00. The van der Waals surface area contributed by atoms with Gasteiger partial charge in [-0.15, -0.1) is 0 Å². The van der Waals surface area contributed by atoms with E-state index in [2.05, 4.69) is 25.0 Å². The van der Waals surface area contributed by atoms with E-state index in [0.29, 0.717) is 0 Å². The van der Waals surface area contributed by atoms with Gasteiger partial charge in [-0.2, -0.15) is 4.89 Å². The lowest BCUT2D eigenvalue weighted by Gasteiger charge is -2.31. The monoisotopic (exact) mass is 363 g/mol. The summed E-state index contributed by atoms with van der Waals surface area (Å²) in [5.74, 6) is 0.887. The van der Waals surface area contributed by atoms with Crippen LogP contribution in [0.2, 0.25) is 0 Å². The van der Waals surface area contributed by atoms with Crippen LogP contribution >= 0.6 is 0 Å². The smallest absolute Gasteiger partial charge is 0.185 e. The number of aromatic amines is 1. The maximum atomic E-state index is 5.67. The van der Waals surface area contributed by atoms with E-state index in [9.17, 15) is 0 Å². The normalized spacial score (nSPS) is 16.1. The Morgan fingerprint density at radius 1 is 0.808 bits per heavy atom. The Morgan fingerprint density at radius 3 is 2.00 bits per heavy atom. The highest BCUT2D eigenvalue weighted by molar-refractivity contribution is 5.31. The van der Waals surface area contributed by atoms with Crippen molar-refractivity contribution in [2.24, 2.45) is 5.41 Å². The van der Waals surface area contributed by atoms with E-state index in [1.54, 1.807) is 0 Å². The van der Waals surface area contributed by atoms with E-state index in [0.717, 1.165) is 18.8 Å². The van der Waals surface area contributed by atoms with Gasteiger partial charge in [0.1, 0.15) is 0 Å². The maximum Gasteiger partial charge on any atom is 0.185 e. The second-order valence-corrected chi connectivity index (χ2v) is 8.40. The van der Waals surface area contributed by atoms with Gasteiger partial charge in [0, 0.05) is 23.4 Å². The van der Waals surface area contributed by atoms with E-state index < -0.39 is 0 Å². The van der Waals surface area contributed by atoms with Crippen molar-refractivity contribution in [2.45, 2.75) is 110 Å². The number of nitrogens with one attached hydrogen (secondary N) is 1. The molecule has 0 bridgehead atoms.